The van der Waals surface area contributed by atoms with E-state index in [-0.39, 0.29) is 40.8 Å². The lowest BCUT2D eigenvalue weighted by molar-refractivity contribution is -0.344. The number of carbonyl (C=O) groups excluding carboxylic acids is 6. The summed E-state index contributed by atoms with van der Waals surface area (Å²) >= 11 is 0. The molecule has 0 unspecified atom stereocenters. The first-order chi connectivity index (χ1) is 37.7. The van der Waals surface area contributed by atoms with E-state index in [2.05, 4.69) is 67.6 Å². The van der Waals surface area contributed by atoms with Crippen LogP contribution < -0.4 is 5.32 Å². The van der Waals surface area contributed by atoms with Crippen molar-refractivity contribution in [2.45, 2.75) is 271 Å². The predicted octanol–water partition coefficient (Wildman–Crippen LogP) is 12.2. The fourth-order valence-corrected chi connectivity index (χ4v) is 23.4. The van der Waals surface area contributed by atoms with Gasteiger partial charge in [-0.3, -0.25) is 14.4 Å². The maximum absolute atomic E-state index is 17.1. The molecule has 1 aromatic rings. The summed E-state index contributed by atoms with van der Waals surface area (Å²) < 4.78 is 54.2. The molecule has 6 rings (SSSR count). The van der Waals surface area contributed by atoms with Crippen LogP contribution in [0.15, 0.2) is 53.1 Å². The summed E-state index contributed by atoms with van der Waals surface area (Å²) in [5.74, 6) is -5.49. The van der Waals surface area contributed by atoms with Crippen LogP contribution in [0.2, 0.25) is 34.8 Å². The van der Waals surface area contributed by atoms with Crippen molar-refractivity contribution in [3.63, 3.8) is 0 Å². The quantitative estimate of drug-likeness (QED) is 0.0539. The zero-order chi connectivity index (χ0) is 60.6. The molecule has 1 amide bonds. The van der Waals surface area contributed by atoms with Crippen molar-refractivity contribution >= 4 is 52.4 Å². The molecule has 1 aromatic carbocycles. The van der Waals surface area contributed by atoms with Gasteiger partial charge in [0.15, 0.2) is 31.9 Å². The molecular formula is C63H99NO15Si2. The second-order valence-corrected chi connectivity index (χ2v) is 37.1. The zero-order valence-electron chi connectivity index (χ0n) is 52.3. The summed E-state index contributed by atoms with van der Waals surface area (Å²) in [5.41, 5.74) is -7.03. The van der Waals surface area contributed by atoms with Crippen LogP contribution in [-0.2, 0) is 56.5 Å². The van der Waals surface area contributed by atoms with Crippen molar-refractivity contribution in [3.8, 4) is 0 Å². The van der Waals surface area contributed by atoms with E-state index in [1.54, 1.807) is 84.9 Å². The summed E-state index contributed by atoms with van der Waals surface area (Å²) in [6.07, 6.45) is -3.89. The van der Waals surface area contributed by atoms with Gasteiger partial charge >= 0.3 is 30.0 Å². The van der Waals surface area contributed by atoms with Crippen LogP contribution in [0.3, 0.4) is 0 Å². The Labute approximate surface area is 485 Å². The van der Waals surface area contributed by atoms with E-state index in [1.165, 1.54) is 6.92 Å². The van der Waals surface area contributed by atoms with Gasteiger partial charge in [0.05, 0.1) is 41.6 Å². The first kappa shape index (κ1) is 65.9. The number of benzene rings is 1. The summed E-state index contributed by atoms with van der Waals surface area (Å²) in [6.45, 7) is 35.6. The van der Waals surface area contributed by atoms with Crippen molar-refractivity contribution in [1.29, 1.82) is 0 Å². The number of esters is 4. The molecule has 3 saturated carbocycles. The molecule has 4 fully saturated rings. The van der Waals surface area contributed by atoms with Crippen molar-refractivity contribution < 1.29 is 71.1 Å². The van der Waals surface area contributed by atoms with Crippen LogP contribution in [0.4, 0.5) is 4.79 Å². The highest BCUT2D eigenvalue weighted by Gasteiger charge is 2.79. The number of Topliss-reactive ketones (excluding diaryl/α,β-unsaturated/α-hetero) is 1. The second-order valence-electron chi connectivity index (χ2n) is 27.0. The van der Waals surface area contributed by atoms with Gasteiger partial charge < -0.3 is 47.7 Å². The number of allylic oxidation sites excluding steroid dienone is 1. The maximum Gasteiger partial charge on any atom is 0.408 e. The Hall–Kier alpha value is -4.21. The highest BCUT2D eigenvalue weighted by Crippen LogP contribution is 2.65. The van der Waals surface area contributed by atoms with Crippen LogP contribution in [0.5, 0.6) is 0 Å². The van der Waals surface area contributed by atoms with E-state index in [4.69, 9.17) is 37.3 Å². The maximum atomic E-state index is 17.1. The largest absolute Gasteiger partial charge is 0.456 e. The molecule has 18 heteroatoms. The third-order valence-electron chi connectivity index (χ3n) is 19.4. The van der Waals surface area contributed by atoms with Gasteiger partial charge in [-0.05, 0) is 119 Å². The normalized spacial score (nSPS) is 29.4. The number of amides is 1. The number of aliphatic hydroxyl groups is 1. The van der Waals surface area contributed by atoms with Gasteiger partial charge in [0, 0.05) is 25.2 Å². The molecule has 4 aliphatic carbocycles. The van der Waals surface area contributed by atoms with Gasteiger partial charge in [-0.25, -0.2) is 14.4 Å². The number of rotatable bonds is 20. The molecule has 2 N–H and O–H groups in total. The lowest BCUT2D eigenvalue weighted by atomic mass is 9.44. The van der Waals surface area contributed by atoms with Crippen LogP contribution in [-0.4, -0.2) is 124 Å². The Morgan fingerprint density at radius 2 is 1.43 bits per heavy atom. The molecule has 16 nitrogen and oxygen atoms in total. The smallest absolute Gasteiger partial charge is 0.408 e. The van der Waals surface area contributed by atoms with Crippen LogP contribution >= 0.6 is 0 Å². The summed E-state index contributed by atoms with van der Waals surface area (Å²) in [4.78, 5) is 90.7. The number of ether oxygens (including phenoxy) is 6. The highest BCUT2D eigenvalue weighted by atomic mass is 28.4. The van der Waals surface area contributed by atoms with Crippen LogP contribution in [0.25, 0.3) is 0 Å². The summed E-state index contributed by atoms with van der Waals surface area (Å²) in [5, 5.41) is 17.6. The van der Waals surface area contributed by atoms with E-state index < -0.39 is 141 Å². The third kappa shape index (κ3) is 12.6. The first-order valence-corrected chi connectivity index (χ1v) is 34.8. The Morgan fingerprint density at radius 3 is 1.93 bits per heavy atom. The molecule has 0 radical (unpaired) electrons. The minimum absolute atomic E-state index is 0.0275. The van der Waals surface area contributed by atoms with Gasteiger partial charge in [-0.1, -0.05) is 125 Å². The van der Waals surface area contributed by atoms with E-state index >= 15 is 14.4 Å². The number of hydrogen-bond acceptors (Lipinski definition) is 15. The zero-order valence-corrected chi connectivity index (χ0v) is 54.3. The Bertz CT molecular complexity index is 2490. The lowest BCUT2D eigenvalue weighted by Gasteiger charge is -2.68. The highest BCUT2D eigenvalue weighted by molar-refractivity contribution is 6.77. The summed E-state index contributed by atoms with van der Waals surface area (Å²) in [6, 6.07) is 9.28. The molecule has 81 heavy (non-hydrogen) atoms. The number of fused-ring (bicyclic) bond motifs is 5. The minimum Gasteiger partial charge on any atom is -0.456 e. The summed E-state index contributed by atoms with van der Waals surface area (Å²) in [7, 11) is -5.71. The van der Waals surface area contributed by atoms with E-state index in [1.807, 2.05) is 13.8 Å². The SMILES string of the molecule is CC[Si](CC)(CC)O[C@H]1C[C@H]2OC[C@@]2(OC(C)=O)[C@H]2[C@H](OC(=O)c3ccccc3)[C@]3(O)C[C@H](OC(=O)[C@H](O[Si](C(C)C)(C(C)C)C(C)C)[C@H](C=C(C)C)NC(=O)OC(C)(C)C)C(C)=C([C@@H](OC(=O)C4CCCCC4)C(=O)[C@]12C)C3(C)C. The van der Waals surface area contributed by atoms with E-state index in [0.29, 0.717) is 36.5 Å². The second kappa shape index (κ2) is 25.2. The average molecular weight is 1170 g/mol. The molecule has 0 spiro atoms. The molecule has 2 bridgehead atoms. The predicted molar refractivity (Wildman–Crippen MR) is 314 cm³/mol. The van der Waals surface area contributed by atoms with E-state index in [0.717, 1.165) is 24.8 Å². The molecular weight excluding hydrogens is 1070 g/mol. The molecule has 1 heterocycles. The molecule has 1 aliphatic heterocycles. The van der Waals surface area contributed by atoms with E-state index in [9.17, 15) is 19.5 Å². The number of alkyl carbamates (subject to hydrolysis) is 1. The van der Waals surface area contributed by atoms with Gasteiger partial charge in [0.1, 0.15) is 29.5 Å². The monoisotopic (exact) mass is 1170 g/mol. The Kier molecular flexibility index (Phi) is 20.5. The van der Waals surface area contributed by atoms with Crippen molar-refractivity contribution in [2.75, 3.05) is 6.61 Å². The van der Waals surface area contributed by atoms with Crippen molar-refractivity contribution in [2.24, 2.45) is 22.7 Å². The third-order valence-corrected chi connectivity index (χ3v) is 30.1. The molecule has 1 saturated heterocycles. The number of ketones is 1. The fraction of sp³-hybridized carbons (Fsp3) is 0.746. The van der Waals surface area contributed by atoms with Gasteiger partial charge in [-0.15, -0.1) is 0 Å². The first-order valence-electron chi connectivity index (χ1n) is 30.1. The lowest BCUT2D eigenvalue weighted by Crippen LogP contribution is -2.82. The van der Waals surface area contributed by atoms with Crippen molar-refractivity contribution in [1.82, 2.24) is 5.32 Å². The number of carbonyl (C=O) groups is 6. The fourth-order valence-electron chi connectivity index (χ4n) is 15.0. The van der Waals surface area contributed by atoms with Crippen LogP contribution in [0.1, 0.15) is 187 Å². The molecule has 0 aromatic heterocycles. The van der Waals surface area contributed by atoms with Crippen molar-refractivity contribution in [3.05, 3.63) is 58.7 Å². The van der Waals surface area contributed by atoms with Gasteiger partial charge in [0.2, 0.25) is 8.32 Å². The Balaban J connectivity index is 1.70. The molecule has 454 valence electrons. The minimum atomic E-state index is -3.04. The van der Waals surface area contributed by atoms with Gasteiger partial charge in [-0.2, -0.15) is 0 Å². The number of hydrogen-bond donors (Lipinski definition) is 2. The molecule has 5 aliphatic rings. The molecule has 11 atom stereocenters. The average Bonchev–Trinajstić information content (AvgIpc) is 2.76. The standard InChI is InChI=1S/C63H99NO15Si2/c1-20-80(21-2,22-3)78-47-34-48-62(36-72-48,76-42(13)65)52-54(75-56(68)44-31-27-24-28-32-44)63(71)35-46(41(12)49(60(63,17)18)51(53(66)61(47,52)19)74-55(67)43-29-25-23-26-30-43)73-57(69)50(79-81(38(6)7,39(8)9)40(10)11)45(33-37(4)5)64-58(70)77-59(14,15)16/h24,27-28,31-33,38-40,43,45-48,50-52,54,71H,20-23,25-26,29-30,34-36H2,1-19H3,(H,64,70)/t45-,46-,47-,48+,50+,51+,52-,54-,61+,62-,63+/m0/s1. The number of nitrogens with one attached hydrogen (secondary N) is 1. The van der Waals surface area contributed by atoms with Crippen LogP contribution in [0, 0.1) is 22.7 Å². The Morgan fingerprint density at radius 1 is 0.852 bits per heavy atom. The topological polar surface area (TPSA) is 209 Å². The van der Waals surface area contributed by atoms with Gasteiger partial charge in [0.25, 0.3) is 0 Å².